The fraction of sp³-hybridized carbons (Fsp3) is 0.554. The third kappa shape index (κ3) is 63.8. The molecule has 0 aliphatic heterocycles. The highest BCUT2D eigenvalue weighted by Crippen LogP contribution is 2.13. The summed E-state index contributed by atoms with van der Waals surface area (Å²) in [7, 11) is 5.89. The molecule has 0 aromatic carbocycles. The van der Waals surface area contributed by atoms with E-state index in [0.29, 0.717) is 23.9 Å². The van der Waals surface area contributed by atoms with Crippen LogP contribution in [0.3, 0.4) is 0 Å². The maximum absolute atomic E-state index is 12.9. The van der Waals surface area contributed by atoms with E-state index in [1.165, 1.54) is 25.7 Å². The molecule has 0 saturated carbocycles. The molecule has 0 fully saturated rings. The van der Waals surface area contributed by atoms with Crippen LogP contribution in [0.25, 0.3) is 0 Å². The summed E-state index contributed by atoms with van der Waals surface area (Å²) in [6.07, 6.45) is 92.4. The van der Waals surface area contributed by atoms with Crippen molar-refractivity contribution in [3.8, 4) is 0 Å². The van der Waals surface area contributed by atoms with Crippen LogP contribution in [-0.4, -0.2) is 82.3 Å². The molecule has 0 amide bonds. The van der Waals surface area contributed by atoms with E-state index in [1.54, 1.807) is 0 Å². The Hall–Kier alpha value is -5.61. The van der Waals surface area contributed by atoms with Crippen LogP contribution in [0.15, 0.2) is 182 Å². The highest BCUT2D eigenvalue weighted by atomic mass is 16.7. The number of allylic oxidation sites excluding steroid dienone is 30. The van der Waals surface area contributed by atoms with Gasteiger partial charge in [0.25, 0.3) is 0 Å². The van der Waals surface area contributed by atoms with Crippen molar-refractivity contribution in [3.05, 3.63) is 182 Å². The fourth-order valence-electron chi connectivity index (χ4n) is 7.82. The topological polar surface area (TPSA) is 111 Å². The molecule has 0 saturated heterocycles. The second-order valence-corrected chi connectivity index (χ2v) is 21.6. The molecule has 0 aromatic rings. The first-order valence-electron chi connectivity index (χ1n) is 31.9. The monoisotopic (exact) mass is 1150 g/mol. The van der Waals surface area contributed by atoms with Crippen LogP contribution in [0.4, 0.5) is 0 Å². The molecule has 0 spiro atoms. The molecule has 0 rings (SSSR count). The van der Waals surface area contributed by atoms with Crippen molar-refractivity contribution in [3.63, 3.8) is 0 Å². The summed E-state index contributed by atoms with van der Waals surface area (Å²) in [5.41, 5.74) is 0. The number of esters is 2. The lowest BCUT2D eigenvalue weighted by molar-refractivity contribution is -0.870. The molecule has 0 N–H and O–H groups in total. The van der Waals surface area contributed by atoms with Crippen molar-refractivity contribution < 1.29 is 42.9 Å². The zero-order chi connectivity index (χ0) is 60.5. The molecule has 0 aromatic heterocycles. The minimum atomic E-state index is -1.64. The molecule has 0 heterocycles. The van der Waals surface area contributed by atoms with Gasteiger partial charge >= 0.3 is 11.9 Å². The Bertz CT molecular complexity index is 2010. The third-order valence-corrected chi connectivity index (χ3v) is 12.6. The molecular formula is C74H115NO8. The molecule has 0 radical (unpaired) electrons. The van der Waals surface area contributed by atoms with E-state index in [2.05, 4.69) is 196 Å². The molecule has 83 heavy (non-hydrogen) atoms. The number of quaternary nitrogens is 1. The van der Waals surface area contributed by atoms with Crippen molar-refractivity contribution >= 4 is 17.9 Å². The standard InChI is InChI=1S/C74H115NO8/c1-6-8-10-12-14-16-18-20-22-24-26-27-28-29-30-31-32-33-34-35-36-37-38-39-40-41-42-43-44-45-47-49-51-53-55-57-59-61-63-65-72(77)83-70(69-82-74(73(78)79)80-67-66-75(3,4)5)68-81-71(76)64-62-60-58-56-54-52-50-48-46-25-23-21-19-17-15-13-11-9-7-2/h8-11,14-17,20-23,26-27,29-30,32-33,35-36,38-39,41-42,44-46,48,52,54,70,74H,6-7,12-13,18-19,24-25,28,31,34,37,40,43,47,49-51,53,55-69H2,1-5H3/b10-8-,11-9-,16-14-,17-15-,22-20-,23-21-,27-26-,30-29-,33-32-,36-35-,39-38-,42-41-,45-44-,48-46-,54-52-. The number of rotatable bonds is 56. The SMILES string of the molecule is CC/C=C\C/C=C\C/C=C\C/C=C\C/C=C\C/C=C\C/C=C\C/C=C\C/C=C\C/C=C\CCCCCCCCCCC(=O)OC(COC(=O)CCCCC/C=C\C/C=C\C/C=C\C/C=C\C/C=C\CC)COC(OCC[N+](C)(C)C)C(=O)[O-]. The van der Waals surface area contributed by atoms with Crippen LogP contribution in [0, 0.1) is 0 Å². The molecule has 2 atom stereocenters. The Morgan fingerprint density at radius 2 is 0.651 bits per heavy atom. The van der Waals surface area contributed by atoms with Gasteiger partial charge < -0.3 is 33.3 Å². The number of hydrogen-bond acceptors (Lipinski definition) is 8. The van der Waals surface area contributed by atoms with Crippen LogP contribution in [0.1, 0.15) is 206 Å². The number of nitrogens with zero attached hydrogens (tertiary/aromatic N) is 1. The van der Waals surface area contributed by atoms with Gasteiger partial charge in [0, 0.05) is 12.8 Å². The van der Waals surface area contributed by atoms with E-state index >= 15 is 0 Å². The Balaban J connectivity index is 4.26. The molecule has 9 heteroatoms. The minimum Gasteiger partial charge on any atom is -0.545 e. The Morgan fingerprint density at radius 3 is 0.976 bits per heavy atom. The predicted molar refractivity (Wildman–Crippen MR) is 351 cm³/mol. The van der Waals surface area contributed by atoms with Gasteiger partial charge in [0.2, 0.25) is 0 Å². The normalized spacial score (nSPS) is 14.0. The first-order valence-corrected chi connectivity index (χ1v) is 31.9. The van der Waals surface area contributed by atoms with E-state index in [-0.39, 0.29) is 32.7 Å². The quantitative estimate of drug-likeness (QED) is 0.0195. The zero-order valence-corrected chi connectivity index (χ0v) is 52.7. The number of carbonyl (C=O) groups is 3. The Morgan fingerprint density at radius 1 is 0.361 bits per heavy atom. The zero-order valence-electron chi connectivity index (χ0n) is 52.7. The van der Waals surface area contributed by atoms with Crippen molar-refractivity contribution in [1.29, 1.82) is 0 Å². The number of carboxylic acids is 1. The van der Waals surface area contributed by atoms with Crippen molar-refractivity contribution in [1.82, 2.24) is 0 Å². The van der Waals surface area contributed by atoms with Crippen molar-refractivity contribution in [2.75, 3.05) is 47.5 Å². The maximum Gasteiger partial charge on any atom is 0.306 e. The van der Waals surface area contributed by atoms with Gasteiger partial charge in [-0.2, -0.15) is 0 Å². The predicted octanol–water partition coefficient (Wildman–Crippen LogP) is 18.3. The average Bonchev–Trinajstić information content (AvgIpc) is 3.46. The molecular weight excluding hydrogens is 1030 g/mol. The highest BCUT2D eigenvalue weighted by molar-refractivity contribution is 5.70. The van der Waals surface area contributed by atoms with Crippen LogP contribution >= 0.6 is 0 Å². The average molecular weight is 1150 g/mol. The summed E-state index contributed by atoms with van der Waals surface area (Å²) in [6, 6.07) is 0. The van der Waals surface area contributed by atoms with Crippen molar-refractivity contribution in [2.45, 2.75) is 219 Å². The fourth-order valence-corrected chi connectivity index (χ4v) is 7.82. The number of carbonyl (C=O) groups excluding carboxylic acids is 3. The molecule has 464 valence electrons. The third-order valence-electron chi connectivity index (χ3n) is 12.6. The van der Waals surface area contributed by atoms with Crippen molar-refractivity contribution in [2.24, 2.45) is 0 Å². The second-order valence-electron chi connectivity index (χ2n) is 21.6. The van der Waals surface area contributed by atoms with Gasteiger partial charge in [0.1, 0.15) is 13.2 Å². The van der Waals surface area contributed by atoms with Crippen LogP contribution in [0.2, 0.25) is 0 Å². The summed E-state index contributed by atoms with van der Waals surface area (Å²) < 4.78 is 22.7. The van der Waals surface area contributed by atoms with Gasteiger partial charge in [0.05, 0.1) is 40.3 Å². The number of carboxylic acid groups (broad SMARTS) is 1. The summed E-state index contributed by atoms with van der Waals surface area (Å²) in [4.78, 5) is 37.3. The van der Waals surface area contributed by atoms with Crippen LogP contribution in [0.5, 0.6) is 0 Å². The first-order chi connectivity index (χ1) is 40.6. The van der Waals surface area contributed by atoms with E-state index in [1.807, 2.05) is 21.1 Å². The summed E-state index contributed by atoms with van der Waals surface area (Å²) in [5, 5.41) is 11.8. The number of likely N-dealkylation sites (N-methyl/N-ethyl adjacent to an activating group) is 1. The van der Waals surface area contributed by atoms with E-state index in [4.69, 9.17) is 18.9 Å². The van der Waals surface area contributed by atoms with Gasteiger partial charge in [-0.05, 0) is 135 Å². The number of ether oxygens (including phenoxy) is 4. The maximum atomic E-state index is 12.9. The van der Waals surface area contributed by atoms with E-state index < -0.39 is 30.3 Å². The van der Waals surface area contributed by atoms with E-state index in [0.717, 1.165) is 141 Å². The molecule has 9 nitrogen and oxygen atoms in total. The van der Waals surface area contributed by atoms with Crippen LogP contribution < -0.4 is 5.11 Å². The van der Waals surface area contributed by atoms with Gasteiger partial charge in [0.15, 0.2) is 12.4 Å². The van der Waals surface area contributed by atoms with Crippen LogP contribution in [-0.2, 0) is 33.3 Å². The van der Waals surface area contributed by atoms with Gasteiger partial charge in [-0.3, -0.25) is 9.59 Å². The Kier molecular flexibility index (Phi) is 58.2. The van der Waals surface area contributed by atoms with Gasteiger partial charge in [-0.1, -0.05) is 241 Å². The number of hydrogen-bond donors (Lipinski definition) is 0. The largest absolute Gasteiger partial charge is 0.545 e. The Labute approximate surface area is 507 Å². The minimum absolute atomic E-state index is 0.130. The van der Waals surface area contributed by atoms with E-state index in [9.17, 15) is 19.5 Å². The summed E-state index contributed by atoms with van der Waals surface area (Å²) in [5.74, 6) is -2.36. The molecule has 2 unspecified atom stereocenters. The van der Waals surface area contributed by atoms with Gasteiger partial charge in [-0.15, -0.1) is 0 Å². The molecule has 0 bridgehead atoms. The lowest BCUT2D eigenvalue weighted by atomic mass is 10.1. The number of unbranched alkanes of at least 4 members (excludes halogenated alkanes) is 11. The smallest absolute Gasteiger partial charge is 0.306 e. The first kappa shape index (κ1) is 77.4. The second kappa shape index (κ2) is 62.4. The highest BCUT2D eigenvalue weighted by Gasteiger charge is 2.22. The summed E-state index contributed by atoms with van der Waals surface area (Å²) >= 11 is 0. The number of aliphatic carboxylic acids is 1. The molecule has 0 aliphatic rings. The van der Waals surface area contributed by atoms with Gasteiger partial charge in [-0.25, -0.2) is 0 Å². The molecule has 0 aliphatic carbocycles. The lowest BCUT2D eigenvalue weighted by Gasteiger charge is -2.26. The lowest BCUT2D eigenvalue weighted by Crippen LogP contribution is -2.44. The summed E-state index contributed by atoms with van der Waals surface area (Å²) in [6.45, 7) is 4.44.